The number of hydrogen-bond acceptors (Lipinski definition) is 3. The molecule has 0 heterocycles. The maximum absolute atomic E-state index is 6.14. The number of ether oxygens (including phenoxy) is 1. The molecule has 100 valence electrons. The maximum Gasteiger partial charge on any atom is 0.0591 e. The first kappa shape index (κ1) is 13.5. The lowest BCUT2D eigenvalue weighted by Crippen LogP contribution is -2.24. The predicted molar refractivity (Wildman–Crippen MR) is 74.4 cm³/mol. The molecule has 0 saturated carbocycles. The topological polar surface area (TPSA) is 47.3 Å². The second-order valence-electron chi connectivity index (χ2n) is 5.45. The number of nitrogens with one attached hydrogen (secondary N) is 1. The van der Waals surface area contributed by atoms with Gasteiger partial charge in [0.1, 0.15) is 0 Å². The molecule has 2 atom stereocenters. The zero-order chi connectivity index (χ0) is 13.0. The van der Waals surface area contributed by atoms with Crippen molar-refractivity contribution in [3.8, 4) is 0 Å². The predicted octanol–water partition coefficient (Wildman–Crippen LogP) is 2.39. The van der Waals surface area contributed by atoms with Gasteiger partial charge < -0.3 is 15.8 Å². The molecular formula is C15H24N2O. The number of benzene rings is 1. The first-order valence-electron chi connectivity index (χ1n) is 6.84. The fraction of sp³-hybridized carbons (Fsp3) is 0.600. The molecule has 0 amide bonds. The van der Waals surface area contributed by atoms with Crippen molar-refractivity contribution in [1.82, 2.24) is 5.32 Å². The van der Waals surface area contributed by atoms with Crippen molar-refractivity contribution < 1.29 is 4.74 Å². The summed E-state index contributed by atoms with van der Waals surface area (Å²) in [6, 6.07) is 9.02. The molecule has 3 heteroatoms. The molecule has 0 spiro atoms. The standard InChI is InChI=1S/C15H24N2O/c1-11(2)10-18-8-7-17-15-9-14(16)12-5-3-4-6-13(12)15/h3-6,11,14-15,17H,7-10,16H2,1-2H3. The van der Waals surface area contributed by atoms with Gasteiger partial charge in [0.05, 0.1) is 6.61 Å². The van der Waals surface area contributed by atoms with E-state index in [2.05, 4.69) is 43.4 Å². The Balaban J connectivity index is 1.78. The minimum Gasteiger partial charge on any atom is -0.380 e. The van der Waals surface area contributed by atoms with Crippen molar-refractivity contribution in [2.24, 2.45) is 11.7 Å². The van der Waals surface area contributed by atoms with Gasteiger partial charge in [-0.1, -0.05) is 38.1 Å². The smallest absolute Gasteiger partial charge is 0.0591 e. The van der Waals surface area contributed by atoms with Crippen LogP contribution in [0.15, 0.2) is 24.3 Å². The molecule has 0 radical (unpaired) electrons. The lowest BCUT2D eigenvalue weighted by atomic mass is 10.1. The highest BCUT2D eigenvalue weighted by atomic mass is 16.5. The number of fused-ring (bicyclic) bond motifs is 1. The van der Waals surface area contributed by atoms with Gasteiger partial charge in [0.25, 0.3) is 0 Å². The summed E-state index contributed by atoms with van der Waals surface area (Å²) in [5.74, 6) is 0.602. The lowest BCUT2D eigenvalue weighted by molar-refractivity contribution is 0.110. The molecule has 1 aliphatic carbocycles. The van der Waals surface area contributed by atoms with E-state index in [9.17, 15) is 0 Å². The molecule has 18 heavy (non-hydrogen) atoms. The third-order valence-electron chi connectivity index (χ3n) is 3.35. The van der Waals surface area contributed by atoms with Crippen LogP contribution < -0.4 is 11.1 Å². The van der Waals surface area contributed by atoms with Crippen LogP contribution in [-0.2, 0) is 4.74 Å². The third kappa shape index (κ3) is 3.31. The van der Waals surface area contributed by atoms with E-state index in [4.69, 9.17) is 10.5 Å². The molecule has 3 N–H and O–H groups in total. The summed E-state index contributed by atoms with van der Waals surface area (Å²) in [5.41, 5.74) is 8.78. The number of hydrogen-bond donors (Lipinski definition) is 2. The normalized spacial score (nSPS) is 22.4. The van der Waals surface area contributed by atoms with Crippen LogP contribution in [0.1, 0.15) is 43.5 Å². The van der Waals surface area contributed by atoms with Crippen LogP contribution in [0.5, 0.6) is 0 Å². The van der Waals surface area contributed by atoms with Crippen LogP contribution in [-0.4, -0.2) is 19.8 Å². The highest BCUT2D eigenvalue weighted by Gasteiger charge is 2.27. The van der Waals surface area contributed by atoms with Gasteiger partial charge in [-0.2, -0.15) is 0 Å². The Kier molecular flexibility index (Phi) is 4.75. The molecule has 2 unspecified atom stereocenters. The lowest BCUT2D eigenvalue weighted by Gasteiger charge is -2.14. The number of rotatable bonds is 6. The van der Waals surface area contributed by atoms with Gasteiger partial charge in [0, 0.05) is 25.2 Å². The van der Waals surface area contributed by atoms with Crippen LogP contribution >= 0.6 is 0 Å². The van der Waals surface area contributed by atoms with Crippen molar-refractivity contribution in [1.29, 1.82) is 0 Å². The molecule has 0 bridgehead atoms. The number of nitrogens with two attached hydrogens (primary N) is 1. The Morgan fingerprint density at radius 1 is 1.33 bits per heavy atom. The van der Waals surface area contributed by atoms with E-state index in [0.717, 1.165) is 26.2 Å². The average molecular weight is 248 g/mol. The second kappa shape index (κ2) is 6.32. The van der Waals surface area contributed by atoms with Gasteiger partial charge >= 0.3 is 0 Å². The monoisotopic (exact) mass is 248 g/mol. The van der Waals surface area contributed by atoms with Crippen molar-refractivity contribution in [3.05, 3.63) is 35.4 Å². The Morgan fingerprint density at radius 2 is 2.06 bits per heavy atom. The second-order valence-corrected chi connectivity index (χ2v) is 5.45. The molecule has 0 aliphatic heterocycles. The summed E-state index contributed by atoms with van der Waals surface area (Å²) in [4.78, 5) is 0. The highest BCUT2D eigenvalue weighted by Crippen LogP contribution is 2.36. The minimum absolute atomic E-state index is 0.176. The van der Waals surface area contributed by atoms with Gasteiger partial charge in [-0.3, -0.25) is 0 Å². The summed E-state index contributed by atoms with van der Waals surface area (Å²) in [6.07, 6.45) is 0.990. The zero-order valence-corrected chi connectivity index (χ0v) is 11.4. The Morgan fingerprint density at radius 3 is 2.78 bits per heavy atom. The van der Waals surface area contributed by atoms with E-state index in [1.54, 1.807) is 0 Å². The van der Waals surface area contributed by atoms with Gasteiger partial charge in [-0.25, -0.2) is 0 Å². The largest absolute Gasteiger partial charge is 0.380 e. The summed E-state index contributed by atoms with van der Waals surface area (Å²) in [5, 5.41) is 3.54. The summed E-state index contributed by atoms with van der Waals surface area (Å²) in [7, 11) is 0. The summed E-state index contributed by atoms with van der Waals surface area (Å²) >= 11 is 0. The minimum atomic E-state index is 0.176. The molecule has 1 aromatic carbocycles. The molecular weight excluding hydrogens is 224 g/mol. The Hall–Kier alpha value is -0.900. The van der Waals surface area contributed by atoms with E-state index in [0.29, 0.717) is 12.0 Å². The first-order chi connectivity index (χ1) is 8.68. The quantitative estimate of drug-likeness (QED) is 0.760. The van der Waals surface area contributed by atoms with Gasteiger partial charge in [-0.05, 0) is 23.5 Å². The molecule has 2 rings (SSSR count). The van der Waals surface area contributed by atoms with E-state index >= 15 is 0 Å². The fourth-order valence-corrected chi connectivity index (χ4v) is 2.49. The third-order valence-corrected chi connectivity index (χ3v) is 3.35. The van der Waals surface area contributed by atoms with Gasteiger partial charge in [0.2, 0.25) is 0 Å². The van der Waals surface area contributed by atoms with E-state index in [1.807, 2.05) is 0 Å². The van der Waals surface area contributed by atoms with Crippen molar-refractivity contribution >= 4 is 0 Å². The Labute approximate surface area is 110 Å². The van der Waals surface area contributed by atoms with Crippen LogP contribution in [0.3, 0.4) is 0 Å². The summed E-state index contributed by atoms with van der Waals surface area (Å²) < 4.78 is 5.58. The molecule has 3 nitrogen and oxygen atoms in total. The van der Waals surface area contributed by atoms with Crippen LogP contribution in [0.2, 0.25) is 0 Å². The van der Waals surface area contributed by atoms with Gasteiger partial charge in [0.15, 0.2) is 0 Å². The molecule has 1 aromatic rings. The van der Waals surface area contributed by atoms with Crippen molar-refractivity contribution in [2.75, 3.05) is 19.8 Å². The van der Waals surface area contributed by atoms with Crippen molar-refractivity contribution in [2.45, 2.75) is 32.4 Å². The van der Waals surface area contributed by atoms with Crippen LogP contribution in [0.4, 0.5) is 0 Å². The van der Waals surface area contributed by atoms with E-state index < -0.39 is 0 Å². The average Bonchev–Trinajstić information content (AvgIpc) is 2.66. The molecule has 1 aliphatic rings. The SMILES string of the molecule is CC(C)COCCNC1CC(N)c2ccccc21. The molecule has 0 aromatic heterocycles. The van der Waals surface area contributed by atoms with Crippen molar-refractivity contribution in [3.63, 3.8) is 0 Å². The first-order valence-corrected chi connectivity index (χ1v) is 6.84. The van der Waals surface area contributed by atoms with Crippen LogP contribution in [0, 0.1) is 5.92 Å². The van der Waals surface area contributed by atoms with E-state index in [1.165, 1.54) is 11.1 Å². The molecule has 0 fully saturated rings. The zero-order valence-electron chi connectivity index (χ0n) is 11.4. The Bertz CT molecular complexity index is 379. The highest BCUT2D eigenvalue weighted by molar-refractivity contribution is 5.37. The fourth-order valence-electron chi connectivity index (χ4n) is 2.49. The summed E-state index contributed by atoms with van der Waals surface area (Å²) in [6.45, 7) is 6.83. The van der Waals surface area contributed by atoms with Gasteiger partial charge in [-0.15, -0.1) is 0 Å². The molecule has 0 saturated heterocycles. The van der Waals surface area contributed by atoms with E-state index in [-0.39, 0.29) is 6.04 Å². The maximum atomic E-state index is 6.14. The van der Waals surface area contributed by atoms with Crippen LogP contribution in [0.25, 0.3) is 0 Å².